The highest BCUT2D eigenvalue weighted by molar-refractivity contribution is 7.92. The number of hydroxylamine groups is 1. The van der Waals surface area contributed by atoms with Crippen LogP contribution in [0.25, 0.3) is 11.1 Å². The lowest BCUT2D eigenvalue weighted by molar-refractivity contribution is -0.131. The molecular formula is C21H21FN2O7S. The first-order valence-electron chi connectivity index (χ1n) is 9.54. The third-order valence-electron chi connectivity index (χ3n) is 5.67. The van der Waals surface area contributed by atoms with Gasteiger partial charge < -0.3 is 9.52 Å². The molecular weight excluding hydrogens is 443 g/mol. The Morgan fingerprint density at radius 3 is 2.75 bits per heavy atom. The molecule has 0 unspecified atom stereocenters. The van der Waals surface area contributed by atoms with E-state index in [-0.39, 0.29) is 25.0 Å². The number of amides is 1. The molecule has 2 aromatic rings. The zero-order chi connectivity index (χ0) is 23.7. The van der Waals surface area contributed by atoms with Crippen molar-refractivity contribution < 1.29 is 32.3 Å². The molecule has 9 nitrogen and oxygen atoms in total. The van der Waals surface area contributed by atoms with Gasteiger partial charge in [0.25, 0.3) is 5.91 Å². The number of fused-ring (bicyclic) bond motifs is 1. The van der Waals surface area contributed by atoms with Gasteiger partial charge in [0.2, 0.25) is 0 Å². The van der Waals surface area contributed by atoms with Crippen molar-refractivity contribution in [3.63, 3.8) is 0 Å². The summed E-state index contributed by atoms with van der Waals surface area (Å²) < 4.78 is 42.2. The Kier molecular flexibility index (Phi) is 6.20. The summed E-state index contributed by atoms with van der Waals surface area (Å²) in [6, 6.07) is 4.66. The molecule has 1 heterocycles. The van der Waals surface area contributed by atoms with Crippen LogP contribution in [0, 0.1) is 29.6 Å². The third-order valence-corrected chi connectivity index (χ3v) is 7.69. The van der Waals surface area contributed by atoms with Gasteiger partial charge in [-0.15, -0.1) is 0 Å². The van der Waals surface area contributed by atoms with Crippen molar-refractivity contribution in [2.45, 2.75) is 36.7 Å². The maximum absolute atomic E-state index is 13.6. The van der Waals surface area contributed by atoms with Gasteiger partial charge in [0.05, 0.1) is 18.0 Å². The van der Waals surface area contributed by atoms with Gasteiger partial charge in [0, 0.05) is 24.8 Å². The fraction of sp³-hybridized carbons (Fsp3) is 0.429. The number of halogens is 1. The van der Waals surface area contributed by atoms with E-state index in [1.807, 2.05) is 0 Å². The second kappa shape index (κ2) is 8.43. The number of aliphatic hydroxyl groups excluding tert-OH is 1. The number of carbonyl (C=O) groups excluding carboxylic acids is 1. The number of hydrogen-bond donors (Lipinski definition) is 3. The van der Waals surface area contributed by atoms with Crippen molar-refractivity contribution in [3.05, 3.63) is 34.3 Å². The molecule has 11 heteroatoms. The molecule has 1 saturated carbocycles. The van der Waals surface area contributed by atoms with Crippen molar-refractivity contribution in [2.75, 3.05) is 12.9 Å². The van der Waals surface area contributed by atoms with Gasteiger partial charge in [-0.1, -0.05) is 11.8 Å². The highest BCUT2D eigenvalue weighted by Gasteiger charge is 2.54. The number of rotatable bonds is 6. The minimum absolute atomic E-state index is 0.156. The van der Waals surface area contributed by atoms with Crippen LogP contribution >= 0.6 is 0 Å². The summed E-state index contributed by atoms with van der Waals surface area (Å²) in [6.45, 7) is 0.433. The van der Waals surface area contributed by atoms with Crippen LogP contribution < -0.4 is 11.2 Å². The Morgan fingerprint density at radius 2 is 2.16 bits per heavy atom. The molecule has 1 fully saturated rings. The summed E-state index contributed by atoms with van der Waals surface area (Å²) in [5, 5.41) is 17.8. The van der Waals surface area contributed by atoms with Crippen LogP contribution in [-0.4, -0.2) is 52.5 Å². The standard InChI is InChI=1S/C21H21FN2O7S/c1-20(18(26)23-28,32(2,29)30)9-10-24-16-8-7-14(11-17(16)31-19(24)27)5-3-4-6-15-12-21(15,22)13-25/h7-8,11,15,25,28H,9-10,12-13H2,1-2H3,(H,23,26)/t15-,20+,21-/m0/s1. The second-order valence-corrected chi connectivity index (χ2v) is 10.3. The molecule has 0 bridgehead atoms. The van der Waals surface area contributed by atoms with Crippen molar-refractivity contribution in [3.8, 4) is 23.7 Å². The molecule has 3 rings (SSSR count). The number of carbonyl (C=O) groups is 1. The van der Waals surface area contributed by atoms with Crippen LogP contribution in [0.15, 0.2) is 27.4 Å². The molecule has 3 atom stereocenters. The van der Waals surface area contributed by atoms with Crippen LogP contribution in [0.4, 0.5) is 4.39 Å². The average Bonchev–Trinajstić information content (AvgIpc) is 3.29. The predicted octanol–water partition coefficient (Wildman–Crippen LogP) is 0.369. The van der Waals surface area contributed by atoms with Crippen LogP contribution in [0.5, 0.6) is 0 Å². The van der Waals surface area contributed by atoms with E-state index < -0.39 is 44.4 Å². The lowest BCUT2D eigenvalue weighted by atomic mass is 10.1. The lowest BCUT2D eigenvalue weighted by Crippen LogP contribution is -2.49. The number of aryl methyl sites for hydroxylation is 1. The Morgan fingerprint density at radius 1 is 1.44 bits per heavy atom. The van der Waals surface area contributed by atoms with E-state index in [9.17, 15) is 22.4 Å². The largest absolute Gasteiger partial charge is 0.419 e. The number of alkyl halides is 1. The topological polar surface area (TPSA) is 139 Å². The van der Waals surface area contributed by atoms with Gasteiger partial charge in [-0.2, -0.15) is 0 Å². The number of aliphatic hydroxyl groups is 1. The van der Waals surface area contributed by atoms with Crippen LogP contribution in [0.1, 0.15) is 25.3 Å². The highest BCUT2D eigenvalue weighted by atomic mass is 32.2. The van der Waals surface area contributed by atoms with Gasteiger partial charge in [-0.05, 0) is 43.4 Å². The summed E-state index contributed by atoms with van der Waals surface area (Å²) in [5.74, 6) is 8.14. The number of nitrogens with zero attached hydrogens (tertiary/aromatic N) is 1. The molecule has 1 aromatic heterocycles. The van der Waals surface area contributed by atoms with E-state index in [0.29, 0.717) is 11.1 Å². The highest BCUT2D eigenvalue weighted by Crippen LogP contribution is 2.46. The average molecular weight is 464 g/mol. The van der Waals surface area contributed by atoms with Crippen molar-refractivity contribution in [2.24, 2.45) is 5.92 Å². The number of benzene rings is 1. The first-order valence-corrected chi connectivity index (χ1v) is 11.4. The van der Waals surface area contributed by atoms with E-state index in [1.165, 1.54) is 16.1 Å². The molecule has 32 heavy (non-hydrogen) atoms. The maximum atomic E-state index is 13.6. The van der Waals surface area contributed by atoms with E-state index in [4.69, 9.17) is 14.7 Å². The van der Waals surface area contributed by atoms with Gasteiger partial charge >= 0.3 is 5.76 Å². The quantitative estimate of drug-likeness (QED) is 0.319. The van der Waals surface area contributed by atoms with Crippen LogP contribution in [0.2, 0.25) is 0 Å². The lowest BCUT2D eigenvalue weighted by Gasteiger charge is -2.24. The Bertz CT molecular complexity index is 1360. The zero-order valence-corrected chi connectivity index (χ0v) is 18.1. The van der Waals surface area contributed by atoms with Crippen molar-refractivity contribution >= 4 is 26.8 Å². The smallest absolute Gasteiger partial charge is 0.408 e. The molecule has 0 spiro atoms. The molecule has 3 N–H and O–H groups in total. The minimum atomic E-state index is -3.91. The second-order valence-electron chi connectivity index (χ2n) is 7.86. The first-order chi connectivity index (χ1) is 14.9. The first kappa shape index (κ1) is 23.5. The van der Waals surface area contributed by atoms with Crippen molar-refractivity contribution in [1.82, 2.24) is 10.0 Å². The summed E-state index contributed by atoms with van der Waals surface area (Å²) in [7, 11) is -3.91. The molecule has 1 aliphatic rings. The van der Waals surface area contributed by atoms with E-state index in [1.54, 1.807) is 12.1 Å². The molecule has 1 amide bonds. The number of sulfone groups is 1. The summed E-state index contributed by atoms with van der Waals surface area (Å²) in [4.78, 5) is 24.2. The van der Waals surface area contributed by atoms with Gasteiger partial charge in [0.15, 0.2) is 20.2 Å². The van der Waals surface area contributed by atoms with Crippen molar-refractivity contribution in [1.29, 1.82) is 0 Å². The molecule has 1 aromatic carbocycles. The van der Waals surface area contributed by atoms with E-state index >= 15 is 0 Å². The summed E-state index contributed by atoms with van der Waals surface area (Å²) in [6.07, 6.45) is 0.767. The fourth-order valence-electron chi connectivity index (χ4n) is 3.13. The Balaban J connectivity index is 1.81. The molecule has 170 valence electrons. The Hall–Kier alpha value is -3.12. The van der Waals surface area contributed by atoms with Crippen LogP contribution in [0.3, 0.4) is 0 Å². The SMILES string of the molecule is C[C@@](CCn1c(=O)oc2cc(C#CC#C[C@H]3C[C@]3(F)CO)ccc21)(C(=O)NO)S(C)(=O)=O. The normalized spacial score (nSPS) is 21.6. The number of nitrogens with one attached hydrogen (secondary N) is 1. The fourth-order valence-corrected chi connectivity index (χ4v) is 3.97. The Labute approximate surface area is 183 Å². The van der Waals surface area contributed by atoms with Crippen LogP contribution in [-0.2, 0) is 21.2 Å². The summed E-state index contributed by atoms with van der Waals surface area (Å²) in [5.41, 5.74) is 0.778. The molecule has 0 aliphatic heterocycles. The van der Waals surface area contributed by atoms with Gasteiger partial charge in [0.1, 0.15) is 5.67 Å². The predicted molar refractivity (Wildman–Crippen MR) is 112 cm³/mol. The molecule has 0 radical (unpaired) electrons. The minimum Gasteiger partial charge on any atom is -0.408 e. The van der Waals surface area contributed by atoms with E-state index in [2.05, 4.69) is 23.7 Å². The number of oxazole rings is 1. The number of hydrogen-bond acceptors (Lipinski definition) is 7. The monoisotopic (exact) mass is 464 g/mol. The zero-order valence-electron chi connectivity index (χ0n) is 17.3. The third kappa shape index (κ3) is 4.41. The van der Waals surface area contributed by atoms with E-state index in [0.717, 1.165) is 13.2 Å². The number of aromatic nitrogens is 1. The van der Waals surface area contributed by atoms with Gasteiger partial charge in [-0.3, -0.25) is 14.6 Å². The van der Waals surface area contributed by atoms with Gasteiger partial charge in [-0.25, -0.2) is 23.1 Å². The maximum Gasteiger partial charge on any atom is 0.419 e. The summed E-state index contributed by atoms with van der Waals surface area (Å²) >= 11 is 0. The molecule has 1 aliphatic carbocycles. The molecule has 0 saturated heterocycles.